The summed E-state index contributed by atoms with van der Waals surface area (Å²) in [6.07, 6.45) is -1.38. The summed E-state index contributed by atoms with van der Waals surface area (Å²) in [4.78, 5) is 7.96. The van der Waals surface area contributed by atoms with Crippen molar-refractivity contribution in [1.82, 2.24) is 9.97 Å². The minimum Gasteiger partial charge on any atom is -0.236 e. The predicted octanol–water partition coefficient (Wildman–Crippen LogP) is 3.90. The van der Waals surface area contributed by atoms with Gasteiger partial charge in [0.15, 0.2) is 5.82 Å². The molecule has 0 saturated carbocycles. The Balaban J connectivity index is 2.38. The van der Waals surface area contributed by atoms with Crippen LogP contribution in [0.25, 0.3) is 11.4 Å². The zero-order chi connectivity index (χ0) is 13.2. The van der Waals surface area contributed by atoms with Crippen molar-refractivity contribution in [3.63, 3.8) is 0 Å². The lowest BCUT2D eigenvalue weighted by molar-refractivity contribution is -0.137. The van der Waals surface area contributed by atoms with Crippen LogP contribution in [-0.4, -0.2) is 9.97 Å². The maximum Gasteiger partial charge on any atom is 0.416 e. The number of benzene rings is 1. The van der Waals surface area contributed by atoms with Crippen LogP contribution in [0.1, 0.15) is 11.1 Å². The monoisotopic (exact) mass is 272 g/mol. The van der Waals surface area contributed by atoms with E-state index < -0.39 is 11.7 Å². The van der Waals surface area contributed by atoms with E-state index >= 15 is 0 Å². The standard InChI is InChI=1S/C12H8ClF3N2/c13-5-8-6-17-11(18-7-8)9-2-1-3-10(4-9)12(14,15)16/h1-4,6-7H,5H2. The highest BCUT2D eigenvalue weighted by Crippen LogP contribution is 2.31. The van der Waals surface area contributed by atoms with Gasteiger partial charge in [0.05, 0.1) is 11.4 Å². The molecule has 0 saturated heterocycles. The number of hydrogen-bond acceptors (Lipinski definition) is 2. The molecule has 0 aliphatic carbocycles. The highest BCUT2D eigenvalue weighted by molar-refractivity contribution is 6.17. The van der Waals surface area contributed by atoms with Crippen molar-refractivity contribution in [1.29, 1.82) is 0 Å². The smallest absolute Gasteiger partial charge is 0.236 e. The number of alkyl halides is 4. The minimum atomic E-state index is -4.37. The molecule has 18 heavy (non-hydrogen) atoms. The molecule has 0 unspecified atom stereocenters. The van der Waals surface area contributed by atoms with E-state index in [0.717, 1.165) is 12.1 Å². The van der Waals surface area contributed by atoms with Gasteiger partial charge in [-0.25, -0.2) is 9.97 Å². The van der Waals surface area contributed by atoms with E-state index in [1.807, 2.05) is 0 Å². The molecule has 0 aliphatic heterocycles. The second-order valence-corrected chi connectivity index (χ2v) is 3.89. The number of aromatic nitrogens is 2. The van der Waals surface area contributed by atoms with Crippen molar-refractivity contribution in [3.8, 4) is 11.4 Å². The molecule has 2 aromatic rings. The highest BCUT2D eigenvalue weighted by atomic mass is 35.5. The van der Waals surface area contributed by atoms with Gasteiger partial charge < -0.3 is 0 Å². The van der Waals surface area contributed by atoms with Crippen molar-refractivity contribution < 1.29 is 13.2 Å². The highest BCUT2D eigenvalue weighted by Gasteiger charge is 2.30. The number of hydrogen-bond donors (Lipinski definition) is 0. The second-order valence-electron chi connectivity index (χ2n) is 3.63. The van der Waals surface area contributed by atoms with Gasteiger partial charge in [-0.1, -0.05) is 12.1 Å². The Bertz CT molecular complexity index is 538. The molecule has 0 radical (unpaired) electrons. The fraction of sp³-hybridized carbons (Fsp3) is 0.167. The maximum atomic E-state index is 12.5. The Morgan fingerprint density at radius 3 is 2.33 bits per heavy atom. The third kappa shape index (κ3) is 2.79. The maximum absolute atomic E-state index is 12.5. The third-order valence-electron chi connectivity index (χ3n) is 2.31. The van der Waals surface area contributed by atoms with Gasteiger partial charge in [-0.15, -0.1) is 11.6 Å². The Labute approximate surface area is 106 Å². The van der Waals surface area contributed by atoms with Gasteiger partial charge in [-0.3, -0.25) is 0 Å². The van der Waals surface area contributed by atoms with Crippen molar-refractivity contribution in [2.24, 2.45) is 0 Å². The molecule has 0 fully saturated rings. The summed E-state index contributed by atoms with van der Waals surface area (Å²) in [5, 5.41) is 0. The average Bonchev–Trinajstić information content (AvgIpc) is 2.38. The fourth-order valence-electron chi connectivity index (χ4n) is 1.41. The van der Waals surface area contributed by atoms with E-state index in [9.17, 15) is 13.2 Å². The number of nitrogens with zero attached hydrogens (tertiary/aromatic N) is 2. The van der Waals surface area contributed by atoms with E-state index in [1.165, 1.54) is 24.5 Å². The molecular formula is C12H8ClF3N2. The van der Waals surface area contributed by atoms with Gasteiger partial charge in [0, 0.05) is 23.5 Å². The average molecular weight is 273 g/mol. The molecular weight excluding hydrogens is 265 g/mol. The molecule has 0 aliphatic rings. The molecule has 0 spiro atoms. The quantitative estimate of drug-likeness (QED) is 0.775. The van der Waals surface area contributed by atoms with Crippen LogP contribution in [0.15, 0.2) is 36.7 Å². The minimum absolute atomic E-state index is 0.245. The third-order valence-corrected chi connectivity index (χ3v) is 2.62. The molecule has 1 heterocycles. The first-order valence-corrected chi connectivity index (χ1v) is 5.58. The molecule has 1 aromatic heterocycles. The Morgan fingerprint density at radius 1 is 1.11 bits per heavy atom. The summed E-state index contributed by atoms with van der Waals surface area (Å²) in [6.45, 7) is 0. The summed E-state index contributed by atoms with van der Waals surface area (Å²) in [5.74, 6) is 0.512. The van der Waals surface area contributed by atoms with Crippen LogP contribution in [0.3, 0.4) is 0 Å². The lowest BCUT2D eigenvalue weighted by Crippen LogP contribution is -2.04. The summed E-state index contributed by atoms with van der Waals surface area (Å²) in [5.41, 5.74) is 0.323. The van der Waals surface area contributed by atoms with E-state index in [1.54, 1.807) is 0 Å². The molecule has 2 rings (SSSR count). The van der Waals surface area contributed by atoms with Gasteiger partial charge in [-0.2, -0.15) is 13.2 Å². The summed E-state index contributed by atoms with van der Waals surface area (Å²) in [6, 6.07) is 4.90. The Hall–Kier alpha value is -1.62. The van der Waals surface area contributed by atoms with Crippen molar-refractivity contribution in [3.05, 3.63) is 47.8 Å². The van der Waals surface area contributed by atoms with Crippen LogP contribution in [0.2, 0.25) is 0 Å². The van der Waals surface area contributed by atoms with Gasteiger partial charge in [-0.05, 0) is 12.1 Å². The predicted molar refractivity (Wildman–Crippen MR) is 62.0 cm³/mol. The van der Waals surface area contributed by atoms with Gasteiger partial charge >= 0.3 is 6.18 Å². The normalized spacial score (nSPS) is 11.6. The molecule has 0 amide bonds. The Kier molecular flexibility index (Phi) is 3.52. The zero-order valence-electron chi connectivity index (χ0n) is 9.08. The first kappa shape index (κ1) is 12.8. The zero-order valence-corrected chi connectivity index (χ0v) is 9.83. The molecule has 0 bridgehead atoms. The van der Waals surface area contributed by atoms with E-state index in [4.69, 9.17) is 11.6 Å². The molecule has 1 aromatic carbocycles. The SMILES string of the molecule is FC(F)(F)c1cccc(-c2ncc(CCl)cn2)c1. The van der Waals surface area contributed by atoms with E-state index in [2.05, 4.69) is 9.97 Å². The molecule has 0 N–H and O–H groups in total. The van der Waals surface area contributed by atoms with E-state index in [0.29, 0.717) is 11.1 Å². The van der Waals surface area contributed by atoms with Crippen LogP contribution in [-0.2, 0) is 12.1 Å². The number of halogens is 4. The lowest BCUT2D eigenvalue weighted by Gasteiger charge is -2.08. The first-order chi connectivity index (χ1) is 8.50. The fourth-order valence-corrected chi connectivity index (χ4v) is 1.55. The molecule has 2 nitrogen and oxygen atoms in total. The summed E-state index contributed by atoms with van der Waals surface area (Å²) in [7, 11) is 0. The van der Waals surface area contributed by atoms with Crippen LogP contribution >= 0.6 is 11.6 Å². The van der Waals surface area contributed by atoms with Crippen molar-refractivity contribution in [2.45, 2.75) is 12.1 Å². The van der Waals surface area contributed by atoms with E-state index in [-0.39, 0.29) is 11.7 Å². The Morgan fingerprint density at radius 2 is 1.78 bits per heavy atom. The number of rotatable bonds is 2. The van der Waals surface area contributed by atoms with Crippen LogP contribution < -0.4 is 0 Å². The van der Waals surface area contributed by atoms with Crippen LogP contribution in [0, 0.1) is 0 Å². The summed E-state index contributed by atoms with van der Waals surface area (Å²) >= 11 is 5.58. The van der Waals surface area contributed by atoms with Crippen molar-refractivity contribution in [2.75, 3.05) is 0 Å². The van der Waals surface area contributed by atoms with Gasteiger partial charge in [0.2, 0.25) is 0 Å². The van der Waals surface area contributed by atoms with Crippen molar-refractivity contribution >= 4 is 11.6 Å². The lowest BCUT2D eigenvalue weighted by atomic mass is 10.1. The molecule has 6 heteroatoms. The van der Waals surface area contributed by atoms with Crippen LogP contribution in [0.5, 0.6) is 0 Å². The largest absolute Gasteiger partial charge is 0.416 e. The molecule has 0 atom stereocenters. The first-order valence-electron chi connectivity index (χ1n) is 5.05. The molecule has 94 valence electrons. The topological polar surface area (TPSA) is 25.8 Å². The van der Waals surface area contributed by atoms with Gasteiger partial charge in [0.25, 0.3) is 0 Å². The van der Waals surface area contributed by atoms with Gasteiger partial charge in [0.1, 0.15) is 0 Å². The second kappa shape index (κ2) is 4.94. The summed E-state index contributed by atoms with van der Waals surface area (Å²) < 4.78 is 37.6. The van der Waals surface area contributed by atoms with Crippen LogP contribution in [0.4, 0.5) is 13.2 Å².